The van der Waals surface area contributed by atoms with Crippen LogP contribution in [0.25, 0.3) is 5.65 Å². The fourth-order valence-corrected chi connectivity index (χ4v) is 5.27. The number of aromatic nitrogens is 4. The van der Waals surface area contributed by atoms with Crippen LogP contribution >= 0.6 is 0 Å². The van der Waals surface area contributed by atoms with Crippen LogP contribution < -0.4 is 16.0 Å². The topological polar surface area (TPSA) is 82.4 Å². The van der Waals surface area contributed by atoms with Crippen molar-refractivity contribution in [2.45, 2.75) is 102 Å². The summed E-state index contributed by atoms with van der Waals surface area (Å²) in [7, 11) is 4.37. The minimum Gasteiger partial charge on any atom is -0.386 e. The summed E-state index contributed by atoms with van der Waals surface area (Å²) in [6.45, 7) is 8.43. The third-order valence-corrected chi connectivity index (χ3v) is 7.42. The second kappa shape index (κ2) is 10.7. The molecule has 33 heavy (non-hydrogen) atoms. The average Bonchev–Trinajstić information content (AvgIpc) is 3.23. The summed E-state index contributed by atoms with van der Waals surface area (Å²) in [5.74, 6) is 1.52. The number of rotatable bonds is 9. The standard InChI is InChI=1S/C25H42N8/c1-6-17(3)27-20-9-8-10-21(15-20)29-25-31-24(30-23-18(7-2)16-26-33(23)25)28-19-11-13-22(14-12-19)32(4)5/h16,19-22,27H,3,6-15H2,1-2,4-5H3,(H2,28,29,30,31)/t19-,20?,21?,22-. The predicted octanol–water partition coefficient (Wildman–Crippen LogP) is 4.21. The normalized spacial score (nSPS) is 25.8. The van der Waals surface area contributed by atoms with E-state index in [1.54, 1.807) is 0 Å². The van der Waals surface area contributed by atoms with Crippen molar-refractivity contribution in [2.75, 3.05) is 24.7 Å². The molecule has 2 aromatic heterocycles. The van der Waals surface area contributed by atoms with Gasteiger partial charge in [-0.1, -0.05) is 20.4 Å². The summed E-state index contributed by atoms with van der Waals surface area (Å²) in [5.41, 5.74) is 3.19. The number of fused-ring (bicyclic) bond motifs is 1. The van der Waals surface area contributed by atoms with Gasteiger partial charge in [-0.15, -0.1) is 0 Å². The van der Waals surface area contributed by atoms with E-state index in [1.165, 1.54) is 25.7 Å². The molecule has 182 valence electrons. The quantitative estimate of drug-likeness (QED) is 0.524. The van der Waals surface area contributed by atoms with E-state index in [4.69, 9.17) is 9.97 Å². The number of aryl methyl sites for hydroxylation is 1. The number of nitrogens with one attached hydrogen (secondary N) is 3. The van der Waals surface area contributed by atoms with Crippen molar-refractivity contribution in [3.05, 3.63) is 24.0 Å². The fraction of sp³-hybridized carbons (Fsp3) is 0.720. The third kappa shape index (κ3) is 5.78. The Hall–Kier alpha value is -2.35. The smallest absolute Gasteiger partial charge is 0.229 e. The van der Waals surface area contributed by atoms with Crippen LogP contribution in [0.1, 0.15) is 77.2 Å². The van der Waals surface area contributed by atoms with Crippen molar-refractivity contribution in [3.8, 4) is 0 Å². The zero-order valence-corrected chi connectivity index (χ0v) is 20.9. The van der Waals surface area contributed by atoms with Crippen LogP contribution in [0.5, 0.6) is 0 Å². The maximum absolute atomic E-state index is 4.91. The molecular formula is C25H42N8. The first-order chi connectivity index (χ1) is 16.0. The van der Waals surface area contributed by atoms with Crippen LogP contribution in [-0.2, 0) is 6.42 Å². The van der Waals surface area contributed by atoms with Crippen molar-refractivity contribution in [3.63, 3.8) is 0 Å². The monoisotopic (exact) mass is 454 g/mol. The van der Waals surface area contributed by atoms with Crippen LogP contribution in [-0.4, -0.2) is 62.7 Å². The Morgan fingerprint density at radius 1 is 1.03 bits per heavy atom. The van der Waals surface area contributed by atoms with Gasteiger partial charge in [-0.25, -0.2) is 0 Å². The van der Waals surface area contributed by atoms with E-state index in [2.05, 4.69) is 60.5 Å². The zero-order valence-electron chi connectivity index (χ0n) is 20.9. The van der Waals surface area contributed by atoms with Gasteiger partial charge in [0.15, 0.2) is 5.65 Å². The van der Waals surface area contributed by atoms with Crippen molar-refractivity contribution >= 4 is 17.5 Å². The number of nitrogens with zero attached hydrogens (tertiary/aromatic N) is 5. The first-order valence-electron chi connectivity index (χ1n) is 12.8. The van der Waals surface area contributed by atoms with E-state index in [1.807, 2.05) is 10.7 Å². The van der Waals surface area contributed by atoms with Crippen molar-refractivity contribution in [1.82, 2.24) is 29.8 Å². The number of allylic oxidation sites excluding steroid dienone is 1. The van der Waals surface area contributed by atoms with Gasteiger partial charge in [0, 0.05) is 35.4 Å². The van der Waals surface area contributed by atoms with Crippen molar-refractivity contribution < 1.29 is 0 Å². The molecule has 3 N–H and O–H groups in total. The Morgan fingerprint density at radius 2 is 1.79 bits per heavy atom. The maximum Gasteiger partial charge on any atom is 0.229 e. The molecule has 2 heterocycles. The lowest BCUT2D eigenvalue weighted by molar-refractivity contribution is 0.221. The molecule has 2 fully saturated rings. The minimum atomic E-state index is 0.358. The lowest BCUT2D eigenvalue weighted by Gasteiger charge is -2.33. The lowest BCUT2D eigenvalue weighted by Crippen LogP contribution is -2.39. The van der Waals surface area contributed by atoms with Crippen LogP contribution in [0.4, 0.5) is 11.9 Å². The summed E-state index contributed by atoms with van der Waals surface area (Å²) < 4.78 is 1.88. The highest BCUT2D eigenvalue weighted by Gasteiger charge is 2.26. The molecule has 0 aliphatic heterocycles. The van der Waals surface area contributed by atoms with E-state index in [-0.39, 0.29) is 0 Å². The Morgan fingerprint density at radius 3 is 2.48 bits per heavy atom. The zero-order chi connectivity index (χ0) is 23.4. The summed E-state index contributed by atoms with van der Waals surface area (Å²) in [6.07, 6.45) is 13.1. The first-order valence-corrected chi connectivity index (χ1v) is 12.8. The Balaban J connectivity index is 1.50. The minimum absolute atomic E-state index is 0.358. The van der Waals surface area contributed by atoms with E-state index in [0.717, 1.165) is 67.3 Å². The lowest BCUT2D eigenvalue weighted by atomic mass is 9.90. The van der Waals surface area contributed by atoms with Crippen molar-refractivity contribution in [2.24, 2.45) is 0 Å². The van der Waals surface area contributed by atoms with Gasteiger partial charge in [0.25, 0.3) is 0 Å². The molecule has 2 aliphatic rings. The molecule has 0 saturated heterocycles. The Labute approximate surface area is 198 Å². The van der Waals surface area contributed by atoms with E-state index < -0.39 is 0 Å². The number of hydrogen-bond acceptors (Lipinski definition) is 7. The van der Waals surface area contributed by atoms with E-state index in [9.17, 15) is 0 Å². The van der Waals surface area contributed by atoms with Gasteiger partial charge in [0.2, 0.25) is 11.9 Å². The molecule has 0 spiro atoms. The maximum atomic E-state index is 4.91. The number of hydrogen-bond donors (Lipinski definition) is 3. The van der Waals surface area contributed by atoms with Gasteiger partial charge in [0.1, 0.15) is 0 Å². The second-order valence-electron chi connectivity index (χ2n) is 10.0. The molecule has 2 atom stereocenters. The van der Waals surface area contributed by atoms with Gasteiger partial charge in [-0.3, -0.25) is 0 Å². The predicted molar refractivity (Wildman–Crippen MR) is 136 cm³/mol. The molecule has 8 nitrogen and oxygen atoms in total. The third-order valence-electron chi connectivity index (χ3n) is 7.42. The summed E-state index contributed by atoms with van der Waals surface area (Å²) in [4.78, 5) is 12.1. The summed E-state index contributed by atoms with van der Waals surface area (Å²) in [6, 6.07) is 1.93. The molecular weight excluding hydrogens is 412 g/mol. The molecule has 0 radical (unpaired) electrons. The fourth-order valence-electron chi connectivity index (χ4n) is 5.27. The van der Waals surface area contributed by atoms with Gasteiger partial charge < -0.3 is 20.9 Å². The molecule has 8 heteroatoms. The summed E-state index contributed by atoms with van der Waals surface area (Å²) in [5, 5.41) is 15.6. The second-order valence-corrected chi connectivity index (χ2v) is 10.0. The highest BCUT2D eigenvalue weighted by atomic mass is 15.4. The van der Waals surface area contributed by atoms with E-state index in [0.29, 0.717) is 24.2 Å². The Bertz CT molecular complexity index is 928. The molecule has 0 amide bonds. The Kier molecular flexibility index (Phi) is 7.73. The SMILES string of the molecule is C=C(CC)NC1CCCC(Nc2nc(N[C@H]3CC[C@H](N(C)C)CC3)nc3c(CC)cnn23)C1. The van der Waals surface area contributed by atoms with Gasteiger partial charge in [0.05, 0.1) is 6.20 Å². The molecule has 0 bridgehead atoms. The van der Waals surface area contributed by atoms with Crippen LogP contribution in [0.3, 0.4) is 0 Å². The highest BCUT2D eigenvalue weighted by molar-refractivity contribution is 5.55. The number of anilines is 2. The molecule has 2 aliphatic carbocycles. The summed E-state index contributed by atoms with van der Waals surface area (Å²) >= 11 is 0. The molecule has 0 aromatic carbocycles. The van der Waals surface area contributed by atoms with Gasteiger partial charge in [-0.05, 0) is 78.3 Å². The highest BCUT2D eigenvalue weighted by Crippen LogP contribution is 2.26. The van der Waals surface area contributed by atoms with Crippen LogP contribution in [0.15, 0.2) is 18.5 Å². The molecule has 2 unspecified atom stereocenters. The molecule has 4 rings (SSSR count). The van der Waals surface area contributed by atoms with Crippen LogP contribution in [0.2, 0.25) is 0 Å². The largest absolute Gasteiger partial charge is 0.386 e. The average molecular weight is 455 g/mol. The van der Waals surface area contributed by atoms with Crippen molar-refractivity contribution in [1.29, 1.82) is 0 Å². The van der Waals surface area contributed by atoms with Crippen LogP contribution in [0, 0.1) is 0 Å². The van der Waals surface area contributed by atoms with Gasteiger partial charge in [-0.2, -0.15) is 19.6 Å². The van der Waals surface area contributed by atoms with Gasteiger partial charge >= 0.3 is 0 Å². The first kappa shape index (κ1) is 23.8. The van der Waals surface area contributed by atoms with E-state index >= 15 is 0 Å². The molecule has 2 aromatic rings. The molecule has 2 saturated carbocycles.